The maximum absolute atomic E-state index is 12.0. The van der Waals surface area contributed by atoms with Crippen LogP contribution in [0.5, 0.6) is 0 Å². The van der Waals surface area contributed by atoms with Crippen molar-refractivity contribution in [3.63, 3.8) is 0 Å². The molecule has 138 valence electrons. The zero-order valence-electron chi connectivity index (χ0n) is 14.6. The minimum absolute atomic E-state index is 0.0753. The Hall–Kier alpha value is -1.89. The number of nitrogens with one attached hydrogen (secondary N) is 3. The van der Waals surface area contributed by atoms with E-state index >= 15 is 0 Å². The Balaban J connectivity index is 1.76. The van der Waals surface area contributed by atoms with E-state index in [4.69, 9.17) is 11.6 Å². The Morgan fingerprint density at radius 1 is 1.12 bits per heavy atom. The normalized spacial score (nSPS) is 11.7. The number of hydrogen-bond acceptors (Lipinski definition) is 3. The summed E-state index contributed by atoms with van der Waals surface area (Å²) in [6.45, 7) is 3.84. The van der Waals surface area contributed by atoms with Crippen LogP contribution in [0.4, 0.5) is 5.69 Å². The first-order valence-corrected chi connectivity index (χ1v) is 9.34. The van der Waals surface area contributed by atoms with Crippen molar-refractivity contribution < 1.29 is 9.59 Å². The number of carbonyl (C=O) groups excluding carboxylic acids is 2. The summed E-state index contributed by atoms with van der Waals surface area (Å²) in [5.74, 6) is -0.533. The molecule has 0 fully saturated rings. The molecule has 0 aromatic heterocycles. The van der Waals surface area contributed by atoms with Gasteiger partial charge in [-0.1, -0.05) is 45.7 Å². The molecule has 7 heteroatoms. The second-order valence-corrected chi connectivity index (χ2v) is 7.23. The number of benzene rings is 2. The van der Waals surface area contributed by atoms with E-state index in [0.29, 0.717) is 5.02 Å². The molecule has 0 saturated heterocycles. The summed E-state index contributed by atoms with van der Waals surface area (Å²) in [4.78, 5) is 23.9. The van der Waals surface area contributed by atoms with E-state index in [-0.39, 0.29) is 30.9 Å². The Morgan fingerprint density at radius 2 is 1.85 bits per heavy atom. The average Bonchev–Trinajstić information content (AvgIpc) is 2.60. The van der Waals surface area contributed by atoms with E-state index in [2.05, 4.69) is 31.9 Å². The number of rotatable bonds is 7. The smallest absolute Gasteiger partial charge is 0.243 e. The van der Waals surface area contributed by atoms with Crippen LogP contribution in [-0.2, 0) is 9.59 Å². The van der Waals surface area contributed by atoms with Crippen LogP contribution in [0.1, 0.15) is 24.1 Å². The molecule has 5 nitrogen and oxygen atoms in total. The van der Waals surface area contributed by atoms with Crippen LogP contribution < -0.4 is 16.0 Å². The van der Waals surface area contributed by atoms with Gasteiger partial charge >= 0.3 is 0 Å². The Bertz CT molecular complexity index is 798. The van der Waals surface area contributed by atoms with Crippen LogP contribution in [-0.4, -0.2) is 24.9 Å². The molecule has 2 amide bonds. The molecule has 0 spiro atoms. The van der Waals surface area contributed by atoms with Gasteiger partial charge in [0.25, 0.3) is 0 Å². The minimum Gasteiger partial charge on any atom is -0.346 e. The highest BCUT2D eigenvalue weighted by atomic mass is 79.9. The molecule has 0 bridgehead atoms. The van der Waals surface area contributed by atoms with Crippen molar-refractivity contribution in [3.8, 4) is 0 Å². The maximum Gasteiger partial charge on any atom is 0.243 e. The van der Waals surface area contributed by atoms with Crippen molar-refractivity contribution in [3.05, 3.63) is 63.1 Å². The highest BCUT2D eigenvalue weighted by Gasteiger charge is 2.11. The standard InChI is InChI=1S/C19H21BrClN3O2/c1-12-9-14(20)7-8-17(12)24-19(26)11-23-18(25)10-22-13(2)15-5-3-4-6-16(15)21/h3-9,13,22H,10-11H2,1-2H3,(H,23,25)(H,24,26)/t13-/m0/s1. The number of aryl methyl sites for hydroxylation is 1. The molecular weight excluding hydrogens is 418 g/mol. The molecular formula is C19H21BrClN3O2. The molecule has 1 atom stereocenters. The zero-order chi connectivity index (χ0) is 19.1. The first kappa shape index (κ1) is 20.4. The first-order valence-electron chi connectivity index (χ1n) is 8.17. The summed E-state index contributed by atoms with van der Waals surface area (Å²) in [6, 6.07) is 13.0. The summed E-state index contributed by atoms with van der Waals surface area (Å²) in [6.07, 6.45) is 0. The number of halogens is 2. The van der Waals surface area contributed by atoms with Crippen LogP contribution in [0, 0.1) is 6.92 Å². The highest BCUT2D eigenvalue weighted by molar-refractivity contribution is 9.10. The van der Waals surface area contributed by atoms with Gasteiger partial charge < -0.3 is 16.0 Å². The van der Waals surface area contributed by atoms with E-state index in [1.807, 2.05) is 56.3 Å². The van der Waals surface area contributed by atoms with Gasteiger partial charge in [-0.3, -0.25) is 9.59 Å². The SMILES string of the molecule is Cc1cc(Br)ccc1NC(=O)CNC(=O)CN[C@@H](C)c1ccccc1Cl. The predicted molar refractivity (Wildman–Crippen MR) is 108 cm³/mol. The van der Waals surface area contributed by atoms with Crippen molar-refractivity contribution in [1.82, 2.24) is 10.6 Å². The summed E-state index contributed by atoms with van der Waals surface area (Å²) in [5, 5.41) is 9.12. The zero-order valence-corrected chi connectivity index (χ0v) is 16.9. The van der Waals surface area contributed by atoms with Gasteiger partial charge in [0.05, 0.1) is 13.1 Å². The molecule has 2 rings (SSSR count). The lowest BCUT2D eigenvalue weighted by molar-refractivity contribution is -0.123. The van der Waals surface area contributed by atoms with Crippen molar-refractivity contribution in [2.45, 2.75) is 19.9 Å². The lowest BCUT2D eigenvalue weighted by atomic mass is 10.1. The van der Waals surface area contributed by atoms with E-state index < -0.39 is 0 Å². The Kier molecular flexibility index (Phi) is 7.63. The fraction of sp³-hybridized carbons (Fsp3) is 0.263. The van der Waals surface area contributed by atoms with Gasteiger partial charge in [0.15, 0.2) is 0 Å². The summed E-state index contributed by atoms with van der Waals surface area (Å²) >= 11 is 9.52. The molecule has 0 aliphatic carbocycles. The van der Waals surface area contributed by atoms with E-state index in [1.54, 1.807) is 0 Å². The van der Waals surface area contributed by atoms with Crippen LogP contribution in [0.15, 0.2) is 46.9 Å². The quantitative estimate of drug-likeness (QED) is 0.615. The third-order valence-corrected chi connectivity index (χ3v) is 4.69. The third kappa shape index (κ3) is 6.12. The molecule has 0 saturated carbocycles. The molecule has 2 aromatic carbocycles. The number of amides is 2. The summed E-state index contributed by atoms with van der Waals surface area (Å²) < 4.78 is 0.944. The average molecular weight is 439 g/mol. The van der Waals surface area contributed by atoms with Gasteiger partial charge in [-0.25, -0.2) is 0 Å². The van der Waals surface area contributed by atoms with Gasteiger partial charge in [-0.05, 0) is 49.2 Å². The lowest BCUT2D eigenvalue weighted by Gasteiger charge is -2.15. The summed E-state index contributed by atoms with van der Waals surface area (Å²) in [5.41, 5.74) is 2.58. The summed E-state index contributed by atoms with van der Waals surface area (Å²) in [7, 11) is 0. The van der Waals surface area contributed by atoms with Crippen molar-refractivity contribution in [1.29, 1.82) is 0 Å². The molecule has 0 unspecified atom stereocenters. The molecule has 0 aliphatic rings. The topological polar surface area (TPSA) is 70.2 Å². The molecule has 26 heavy (non-hydrogen) atoms. The first-order chi connectivity index (χ1) is 12.4. The van der Waals surface area contributed by atoms with E-state index in [9.17, 15) is 9.59 Å². The van der Waals surface area contributed by atoms with Gasteiger partial charge in [-0.15, -0.1) is 0 Å². The predicted octanol–water partition coefficient (Wildman–Crippen LogP) is 3.82. The van der Waals surface area contributed by atoms with Gasteiger partial charge in [0.2, 0.25) is 11.8 Å². The number of anilines is 1. The van der Waals surface area contributed by atoms with E-state index in [1.165, 1.54) is 0 Å². The molecule has 0 radical (unpaired) electrons. The second kappa shape index (κ2) is 9.71. The third-order valence-electron chi connectivity index (χ3n) is 3.85. The van der Waals surface area contributed by atoms with Gasteiger partial charge in [0, 0.05) is 21.2 Å². The van der Waals surface area contributed by atoms with Crippen molar-refractivity contribution in [2.24, 2.45) is 0 Å². The number of hydrogen-bond donors (Lipinski definition) is 3. The fourth-order valence-electron chi connectivity index (χ4n) is 2.39. The fourth-order valence-corrected chi connectivity index (χ4v) is 3.16. The monoisotopic (exact) mass is 437 g/mol. The maximum atomic E-state index is 12.0. The molecule has 2 aromatic rings. The second-order valence-electron chi connectivity index (χ2n) is 5.91. The Labute approximate surface area is 166 Å². The van der Waals surface area contributed by atoms with Crippen molar-refractivity contribution >= 4 is 45.0 Å². The largest absolute Gasteiger partial charge is 0.346 e. The van der Waals surface area contributed by atoms with Gasteiger partial charge in [-0.2, -0.15) is 0 Å². The lowest BCUT2D eigenvalue weighted by Crippen LogP contribution is -2.39. The highest BCUT2D eigenvalue weighted by Crippen LogP contribution is 2.22. The minimum atomic E-state index is -0.275. The molecule has 0 aliphatic heterocycles. The molecule has 0 heterocycles. The van der Waals surface area contributed by atoms with Crippen molar-refractivity contribution in [2.75, 3.05) is 18.4 Å². The van der Waals surface area contributed by atoms with E-state index in [0.717, 1.165) is 21.3 Å². The van der Waals surface area contributed by atoms with Crippen LogP contribution in [0.25, 0.3) is 0 Å². The Morgan fingerprint density at radius 3 is 2.54 bits per heavy atom. The van der Waals surface area contributed by atoms with Crippen LogP contribution in [0.2, 0.25) is 5.02 Å². The molecule has 3 N–H and O–H groups in total. The van der Waals surface area contributed by atoms with Gasteiger partial charge in [0.1, 0.15) is 0 Å². The number of carbonyl (C=O) groups is 2. The van der Waals surface area contributed by atoms with Crippen LogP contribution >= 0.6 is 27.5 Å². The van der Waals surface area contributed by atoms with Crippen LogP contribution in [0.3, 0.4) is 0 Å².